The van der Waals surface area contributed by atoms with Crippen molar-refractivity contribution in [3.63, 3.8) is 0 Å². The van der Waals surface area contributed by atoms with Gasteiger partial charge in [-0.3, -0.25) is 9.69 Å². The molecule has 0 amide bonds. The molecule has 0 aromatic carbocycles. The number of nitrogens with two attached hydrogens (primary N) is 1. The summed E-state index contributed by atoms with van der Waals surface area (Å²) in [6.07, 6.45) is 2.80. The zero-order valence-electron chi connectivity index (χ0n) is 7.99. The van der Waals surface area contributed by atoms with Crippen LogP contribution in [-0.2, 0) is 13.1 Å². The molecule has 0 radical (unpaired) electrons. The molecule has 0 spiro atoms. The van der Waals surface area contributed by atoms with E-state index < -0.39 is 0 Å². The number of nitrogens with zero attached hydrogens (tertiary/aromatic N) is 2. The van der Waals surface area contributed by atoms with Crippen molar-refractivity contribution in [1.82, 2.24) is 14.9 Å². The molecule has 5 nitrogen and oxygen atoms in total. The van der Waals surface area contributed by atoms with Crippen molar-refractivity contribution in [2.45, 2.75) is 19.5 Å². The lowest BCUT2D eigenvalue weighted by molar-refractivity contribution is 0.168. The van der Waals surface area contributed by atoms with Crippen LogP contribution in [-0.4, -0.2) is 28.0 Å². The summed E-state index contributed by atoms with van der Waals surface area (Å²) in [7, 11) is 0. The van der Waals surface area contributed by atoms with Gasteiger partial charge < -0.3 is 10.7 Å². The lowest BCUT2D eigenvalue weighted by atomic mass is 10.2. The van der Waals surface area contributed by atoms with Crippen LogP contribution >= 0.6 is 0 Å². The van der Waals surface area contributed by atoms with Gasteiger partial charge in [-0.15, -0.1) is 0 Å². The highest BCUT2D eigenvalue weighted by molar-refractivity contribution is 5.05. The van der Waals surface area contributed by atoms with E-state index in [1.54, 1.807) is 6.20 Å². The van der Waals surface area contributed by atoms with Crippen LogP contribution in [0, 0.1) is 0 Å². The van der Waals surface area contributed by atoms with Crippen LogP contribution in [0.3, 0.4) is 0 Å². The van der Waals surface area contributed by atoms with Gasteiger partial charge >= 0.3 is 0 Å². The normalized spacial score (nSPS) is 16.6. The van der Waals surface area contributed by atoms with E-state index in [1.807, 2.05) is 0 Å². The van der Waals surface area contributed by atoms with Crippen LogP contribution in [0.2, 0.25) is 0 Å². The van der Waals surface area contributed by atoms with E-state index in [4.69, 9.17) is 5.73 Å². The molecule has 2 rings (SSSR count). The molecule has 14 heavy (non-hydrogen) atoms. The fourth-order valence-electron chi connectivity index (χ4n) is 1.44. The number of rotatable bonds is 3. The highest BCUT2D eigenvalue weighted by atomic mass is 16.1. The van der Waals surface area contributed by atoms with Gasteiger partial charge in [-0.05, 0) is 19.5 Å². The van der Waals surface area contributed by atoms with Crippen molar-refractivity contribution in [3.05, 3.63) is 27.9 Å². The standard InChI is InChI=1S/C9H14N4O/c10-4-7-5-11-8(12-9(7)14)6-13-2-1-3-13/h5H,1-4,6,10H2,(H,11,12,14). The Morgan fingerprint density at radius 1 is 1.57 bits per heavy atom. The molecule has 1 aromatic heterocycles. The Morgan fingerprint density at radius 3 is 2.86 bits per heavy atom. The Bertz CT molecular complexity index is 369. The molecule has 1 saturated heterocycles. The summed E-state index contributed by atoms with van der Waals surface area (Å²) in [4.78, 5) is 20.5. The highest BCUT2D eigenvalue weighted by Gasteiger charge is 2.14. The molecular weight excluding hydrogens is 180 g/mol. The fraction of sp³-hybridized carbons (Fsp3) is 0.556. The Hall–Kier alpha value is -1.20. The number of aromatic nitrogens is 2. The summed E-state index contributed by atoms with van der Waals surface area (Å²) in [5.74, 6) is 0.729. The molecular formula is C9H14N4O. The van der Waals surface area contributed by atoms with Gasteiger partial charge in [-0.25, -0.2) is 4.98 Å². The summed E-state index contributed by atoms with van der Waals surface area (Å²) in [6, 6.07) is 0. The maximum Gasteiger partial charge on any atom is 0.255 e. The fourth-order valence-corrected chi connectivity index (χ4v) is 1.44. The Labute approximate surface area is 82.0 Å². The molecule has 0 bridgehead atoms. The quantitative estimate of drug-likeness (QED) is 0.676. The van der Waals surface area contributed by atoms with Gasteiger partial charge in [0.05, 0.1) is 6.54 Å². The predicted molar refractivity (Wildman–Crippen MR) is 52.6 cm³/mol. The lowest BCUT2D eigenvalue weighted by Gasteiger charge is -2.29. The van der Waals surface area contributed by atoms with Crippen LogP contribution in [0.4, 0.5) is 0 Å². The zero-order chi connectivity index (χ0) is 9.97. The van der Waals surface area contributed by atoms with Gasteiger partial charge in [0.2, 0.25) is 0 Å². The molecule has 1 aliphatic heterocycles. The SMILES string of the molecule is NCc1cnc(CN2CCC2)[nH]c1=O. The van der Waals surface area contributed by atoms with Crippen LogP contribution in [0.1, 0.15) is 17.8 Å². The number of nitrogens with one attached hydrogen (secondary N) is 1. The maximum absolute atomic E-state index is 11.4. The van der Waals surface area contributed by atoms with E-state index in [1.165, 1.54) is 6.42 Å². The molecule has 0 aliphatic carbocycles. The third-order valence-electron chi connectivity index (χ3n) is 2.47. The smallest absolute Gasteiger partial charge is 0.255 e. The Kier molecular flexibility index (Phi) is 2.60. The van der Waals surface area contributed by atoms with E-state index in [0.717, 1.165) is 25.5 Å². The summed E-state index contributed by atoms with van der Waals surface area (Å²) in [5, 5.41) is 0. The van der Waals surface area contributed by atoms with Crippen molar-refractivity contribution in [3.8, 4) is 0 Å². The average Bonchev–Trinajstić information content (AvgIpc) is 2.12. The second-order valence-corrected chi connectivity index (χ2v) is 3.52. The summed E-state index contributed by atoms with van der Waals surface area (Å²) >= 11 is 0. The second kappa shape index (κ2) is 3.89. The number of hydrogen-bond acceptors (Lipinski definition) is 4. The van der Waals surface area contributed by atoms with Gasteiger partial charge in [0, 0.05) is 18.3 Å². The molecule has 3 N–H and O–H groups in total. The first kappa shape index (κ1) is 9.36. The number of aromatic amines is 1. The minimum atomic E-state index is -0.113. The van der Waals surface area contributed by atoms with Crippen molar-refractivity contribution >= 4 is 0 Å². The van der Waals surface area contributed by atoms with E-state index in [2.05, 4.69) is 14.9 Å². The van der Waals surface area contributed by atoms with Crippen LogP contribution < -0.4 is 11.3 Å². The van der Waals surface area contributed by atoms with Crippen molar-refractivity contribution in [2.24, 2.45) is 5.73 Å². The van der Waals surface area contributed by atoms with Gasteiger partial charge in [0.25, 0.3) is 5.56 Å². The van der Waals surface area contributed by atoms with Crippen molar-refractivity contribution < 1.29 is 0 Å². The zero-order valence-corrected chi connectivity index (χ0v) is 7.99. The van der Waals surface area contributed by atoms with E-state index >= 15 is 0 Å². The summed E-state index contributed by atoms with van der Waals surface area (Å²) in [5.41, 5.74) is 5.80. The van der Waals surface area contributed by atoms with Crippen LogP contribution in [0.15, 0.2) is 11.0 Å². The van der Waals surface area contributed by atoms with Crippen LogP contribution in [0.5, 0.6) is 0 Å². The van der Waals surface area contributed by atoms with Gasteiger partial charge in [-0.2, -0.15) is 0 Å². The molecule has 5 heteroatoms. The maximum atomic E-state index is 11.4. The molecule has 0 saturated carbocycles. The number of likely N-dealkylation sites (tertiary alicyclic amines) is 1. The molecule has 0 unspecified atom stereocenters. The van der Waals surface area contributed by atoms with E-state index in [-0.39, 0.29) is 12.1 Å². The Balaban J connectivity index is 2.11. The number of hydrogen-bond donors (Lipinski definition) is 2. The predicted octanol–water partition coefficient (Wildman–Crippen LogP) is -0.566. The van der Waals surface area contributed by atoms with Gasteiger partial charge in [0.1, 0.15) is 5.82 Å². The first-order valence-corrected chi connectivity index (χ1v) is 4.79. The minimum Gasteiger partial charge on any atom is -0.326 e. The number of H-pyrrole nitrogens is 1. The highest BCUT2D eigenvalue weighted by Crippen LogP contribution is 2.08. The third kappa shape index (κ3) is 1.83. The monoisotopic (exact) mass is 194 g/mol. The molecule has 1 fully saturated rings. The van der Waals surface area contributed by atoms with E-state index in [9.17, 15) is 4.79 Å². The summed E-state index contributed by atoms with van der Waals surface area (Å²) < 4.78 is 0. The van der Waals surface area contributed by atoms with Gasteiger partial charge in [-0.1, -0.05) is 0 Å². The third-order valence-corrected chi connectivity index (χ3v) is 2.47. The summed E-state index contributed by atoms with van der Waals surface area (Å²) in [6.45, 7) is 3.18. The molecule has 76 valence electrons. The molecule has 2 heterocycles. The molecule has 1 aromatic rings. The first-order valence-electron chi connectivity index (χ1n) is 4.79. The van der Waals surface area contributed by atoms with Crippen molar-refractivity contribution in [1.29, 1.82) is 0 Å². The topological polar surface area (TPSA) is 75.0 Å². The van der Waals surface area contributed by atoms with E-state index in [0.29, 0.717) is 5.56 Å². The Morgan fingerprint density at radius 2 is 2.36 bits per heavy atom. The largest absolute Gasteiger partial charge is 0.326 e. The molecule has 1 aliphatic rings. The first-order chi connectivity index (χ1) is 6.79. The second-order valence-electron chi connectivity index (χ2n) is 3.52. The van der Waals surface area contributed by atoms with Crippen molar-refractivity contribution in [2.75, 3.05) is 13.1 Å². The lowest BCUT2D eigenvalue weighted by Crippen LogP contribution is -2.37. The average molecular weight is 194 g/mol. The van der Waals surface area contributed by atoms with Crippen LogP contribution in [0.25, 0.3) is 0 Å². The van der Waals surface area contributed by atoms with Gasteiger partial charge in [0.15, 0.2) is 0 Å². The molecule has 0 atom stereocenters. The minimum absolute atomic E-state index is 0.113.